The Hall–Kier alpha value is -10.6. The number of alkyl carbamates (subject to hydrolysis) is 1. The first-order chi connectivity index (χ1) is 53.2. The van der Waals surface area contributed by atoms with Crippen molar-refractivity contribution in [2.75, 3.05) is 164 Å². The van der Waals surface area contributed by atoms with E-state index in [9.17, 15) is 43.2 Å². The first-order valence-corrected chi connectivity index (χ1v) is 36.8. The fourth-order valence-electron chi connectivity index (χ4n) is 11.7. The number of aryl methyl sites for hydroxylation is 4. The SMILES string of the molecule is CC(=O)N1c2ccc(-c3ccc(C(=O)NCCOCCOCCOCCOCCOCCOCCOCCOCCNC(=O)c4cc(NC(=O)c5nc(NC(=O)CCNC(=O)c6cc(NC(=O)c7nc(NC(=O)CCNC(=O)OC(C)(C)C)cn7C)cn6C)cn5C)cn4C)cc3)c(-c3cc(Cl)ccc3N)c2CC[C@@H]1C. The maximum Gasteiger partial charge on any atom is 0.407 e. The minimum Gasteiger partial charge on any atom is -0.444 e. The van der Waals surface area contributed by atoms with Crippen LogP contribution >= 0.6 is 11.6 Å². The van der Waals surface area contributed by atoms with Crippen LogP contribution in [0.4, 0.5) is 39.2 Å². The van der Waals surface area contributed by atoms with Gasteiger partial charge in [-0.05, 0) is 111 Å². The van der Waals surface area contributed by atoms with E-state index in [1.165, 1.54) is 44.4 Å². The number of carbonyl (C=O) groups excluding carboxylic acids is 9. The molecule has 10 N–H and O–H groups in total. The lowest BCUT2D eigenvalue weighted by molar-refractivity contribution is -0.117. The van der Waals surface area contributed by atoms with Crippen molar-refractivity contribution in [1.29, 1.82) is 0 Å². The molecule has 8 rings (SSSR count). The molecule has 5 heterocycles. The third-order valence-corrected chi connectivity index (χ3v) is 17.1. The molecule has 35 heteroatoms. The molecular formula is C76H101ClN16O18. The van der Waals surface area contributed by atoms with Gasteiger partial charge < -0.3 is 114 Å². The highest BCUT2D eigenvalue weighted by atomic mass is 35.5. The van der Waals surface area contributed by atoms with Crippen LogP contribution in [0.3, 0.4) is 0 Å². The maximum absolute atomic E-state index is 13.3. The van der Waals surface area contributed by atoms with Crippen LogP contribution in [0, 0.1) is 0 Å². The minimum atomic E-state index is -0.688. The van der Waals surface area contributed by atoms with Gasteiger partial charge in [-0.25, -0.2) is 14.8 Å². The van der Waals surface area contributed by atoms with E-state index in [0.29, 0.717) is 128 Å². The summed E-state index contributed by atoms with van der Waals surface area (Å²) in [5.74, 6) is -3.19. The lowest BCUT2D eigenvalue weighted by atomic mass is 9.84. The van der Waals surface area contributed by atoms with Crippen molar-refractivity contribution >= 4 is 99.3 Å². The summed E-state index contributed by atoms with van der Waals surface area (Å²) in [4.78, 5) is 126. The maximum atomic E-state index is 13.3. The molecule has 0 fully saturated rings. The number of hydrogen-bond acceptors (Lipinski definition) is 21. The number of nitrogen functional groups attached to an aromatic ring is 1. The number of ether oxygens (including phenoxy) is 9. The average Bonchev–Trinajstić information content (AvgIpc) is 1.29. The first-order valence-electron chi connectivity index (χ1n) is 36.4. The number of benzene rings is 3. The zero-order chi connectivity index (χ0) is 80.0. The van der Waals surface area contributed by atoms with Gasteiger partial charge in [0, 0.05) is 132 Å². The second-order valence-corrected chi connectivity index (χ2v) is 27.2. The monoisotopic (exact) mass is 1560 g/mol. The van der Waals surface area contributed by atoms with E-state index in [1.54, 1.807) is 90.9 Å². The van der Waals surface area contributed by atoms with Crippen molar-refractivity contribution in [3.63, 3.8) is 0 Å². The molecule has 0 unspecified atom stereocenters. The summed E-state index contributed by atoms with van der Waals surface area (Å²) in [6.45, 7) is 15.2. The van der Waals surface area contributed by atoms with Crippen LogP contribution in [0.2, 0.25) is 5.02 Å². The van der Waals surface area contributed by atoms with E-state index < -0.39 is 41.2 Å². The van der Waals surface area contributed by atoms with Crippen LogP contribution in [0.25, 0.3) is 22.3 Å². The normalized spacial score (nSPS) is 12.6. The summed E-state index contributed by atoms with van der Waals surface area (Å²) in [6, 6.07) is 19.8. The molecule has 111 heavy (non-hydrogen) atoms. The van der Waals surface area contributed by atoms with Gasteiger partial charge in [0.05, 0.1) is 117 Å². The third kappa shape index (κ3) is 27.2. The van der Waals surface area contributed by atoms with Crippen LogP contribution < -0.4 is 53.2 Å². The van der Waals surface area contributed by atoms with E-state index in [-0.39, 0.29) is 103 Å². The Morgan fingerprint density at radius 3 is 1.38 bits per heavy atom. The van der Waals surface area contributed by atoms with Crippen LogP contribution in [0.1, 0.15) is 112 Å². The number of amides is 9. The van der Waals surface area contributed by atoms with E-state index in [0.717, 1.165) is 46.3 Å². The van der Waals surface area contributed by atoms with Crippen molar-refractivity contribution in [2.24, 2.45) is 28.2 Å². The molecule has 1 atom stereocenters. The largest absolute Gasteiger partial charge is 0.444 e. The highest BCUT2D eigenvalue weighted by molar-refractivity contribution is 6.31. The summed E-state index contributed by atoms with van der Waals surface area (Å²) in [7, 11) is 6.40. The summed E-state index contributed by atoms with van der Waals surface area (Å²) in [6.07, 6.45) is 6.69. The fraction of sp³-hybridized carbons (Fsp3) is 0.461. The number of fused-ring (bicyclic) bond motifs is 1. The van der Waals surface area contributed by atoms with Gasteiger partial charge in [-0.2, -0.15) is 0 Å². The van der Waals surface area contributed by atoms with Gasteiger partial charge in [0.25, 0.3) is 29.5 Å². The topological polar surface area (TPSA) is 408 Å². The molecular weight excluding hydrogens is 1460 g/mol. The second-order valence-electron chi connectivity index (χ2n) is 26.7. The van der Waals surface area contributed by atoms with Gasteiger partial charge in [0.2, 0.25) is 29.4 Å². The van der Waals surface area contributed by atoms with Crippen molar-refractivity contribution in [1.82, 2.24) is 49.5 Å². The Labute approximate surface area is 648 Å². The Bertz CT molecular complexity index is 4320. The summed E-state index contributed by atoms with van der Waals surface area (Å²) < 4.78 is 55.7. The Balaban J connectivity index is 0.575. The molecule has 1 aliphatic rings. The number of aromatic nitrogens is 6. The number of nitrogens with two attached hydrogens (primary N) is 1. The smallest absolute Gasteiger partial charge is 0.407 e. The number of imidazole rings is 2. The van der Waals surface area contributed by atoms with Gasteiger partial charge in [0.1, 0.15) is 17.0 Å². The summed E-state index contributed by atoms with van der Waals surface area (Å²) in [5.41, 5.74) is 13.5. The van der Waals surface area contributed by atoms with E-state index in [2.05, 4.69) is 59.4 Å². The van der Waals surface area contributed by atoms with Gasteiger partial charge >= 0.3 is 6.09 Å². The van der Waals surface area contributed by atoms with Gasteiger partial charge in [0.15, 0.2) is 11.6 Å². The Kier molecular flexibility index (Phi) is 33.4. The molecule has 4 aromatic heterocycles. The highest BCUT2D eigenvalue weighted by Gasteiger charge is 2.31. The molecule has 1 aliphatic heterocycles. The standard InChI is InChI=1S/C76H101ClN16O18/c1-49-10-16-57-60(93(49)50(2)94)19-17-56(67(57)58-42-53(77)15-18-59(58)78)51-11-13-52(14-12-51)70(97)80-24-26-103-28-30-105-32-34-107-36-38-109-40-41-110-39-37-108-35-33-106-31-29-104-27-25-81-72(99)62-44-55(46-90(62)7)84-74(101)68-87-63(47-91(68)8)85-65(95)20-22-79-71(98)61-43-54(45-89(61)6)83-73(100)69-88-64(48-92(69)9)86-66(96)21-23-82-75(102)111-76(3,4)5/h11-15,17-19,42-49H,10,16,20-41,78H2,1-9H3,(H,79,98)(H,80,97)(H,81,99)(H,82,102)(H,83,100)(H,84,101)(H,85,95)(H,86,96)/t49-/m0/s1. The lowest BCUT2D eigenvalue weighted by Crippen LogP contribution is -2.40. The van der Waals surface area contributed by atoms with Crippen LogP contribution in [-0.4, -0.2) is 225 Å². The molecule has 0 radical (unpaired) electrons. The number of nitrogens with one attached hydrogen (secondary N) is 8. The molecule has 7 aromatic rings. The summed E-state index contributed by atoms with van der Waals surface area (Å²) in [5, 5.41) is 22.0. The van der Waals surface area contributed by atoms with Gasteiger partial charge in [-0.1, -0.05) is 29.8 Å². The number of nitrogens with zero attached hydrogens (tertiary/aromatic N) is 7. The van der Waals surface area contributed by atoms with Crippen LogP contribution in [0.5, 0.6) is 0 Å². The zero-order valence-electron chi connectivity index (χ0n) is 64.1. The Morgan fingerprint density at radius 2 is 0.928 bits per heavy atom. The molecule has 34 nitrogen and oxygen atoms in total. The van der Waals surface area contributed by atoms with E-state index in [1.807, 2.05) is 35.2 Å². The summed E-state index contributed by atoms with van der Waals surface area (Å²) >= 11 is 6.48. The van der Waals surface area contributed by atoms with Crippen LogP contribution in [0.15, 0.2) is 91.5 Å². The quantitative estimate of drug-likeness (QED) is 0.0145. The fourth-order valence-corrected chi connectivity index (χ4v) is 11.8. The number of rotatable bonds is 44. The Morgan fingerprint density at radius 1 is 0.495 bits per heavy atom. The molecule has 0 saturated heterocycles. The van der Waals surface area contributed by atoms with Gasteiger partial charge in [-0.3, -0.25) is 38.4 Å². The molecule has 600 valence electrons. The number of carbonyl (C=O) groups is 9. The molecule has 3 aromatic carbocycles. The van der Waals surface area contributed by atoms with E-state index >= 15 is 0 Å². The number of hydrogen-bond donors (Lipinski definition) is 9. The van der Waals surface area contributed by atoms with E-state index in [4.69, 9.17) is 60.0 Å². The predicted molar refractivity (Wildman–Crippen MR) is 415 cm³/mol. The van der Waals surface area contributed by atoms with Gasteiger partial charge in [-0.15, -0.1) is 0 Å². The molecule has 0 aliphatic carbocycles. The predicted octanol–water partition coefficient (Wildman–Crippen LogP) is 6.50. The number of halogens is 1. The zero-order valence-corrected chi connectivity index (χ0v) is 64.9. The minimum absolute atomic E-state index is 0.0182. The van der Waals surface area contributed by atoms with Crippen molar-refractivity contribution in [3.05, 3.63) is 131 Å². The van der Waals surface area contributed by atoms with Crippen molar-refractivity contribution in [3.8, 4) is 22.3 Å². The average molecular weight is 1560 g/mol. The second kappa shape index (κ2) is 43.1. The van der Waals surface area contributed by atoms with Crippen LogP contribution in [-0.2, 0) is 91.6 Å². The number of anilines is 6. The molecule has 0 spiro atoms. The van der Waals surface area contributed by atoms with Crippen molar-refractivity contribution in [2.45, 2.75) is 71.9 Å². The molecule has 0 bridgehead atoms. The molecule has 0 saturated carbocycles. The lowest BCUT2D eigenvalue weighted by Gasteiger charge is -2.36. The molecule has 9 amide bonds. The van der Waals surface area contributed by atoms with Crippen molar-refractivity contribution < 1.29 is 85.8 Å². The highest BCUT2D eigenvalue weighted by Crippen LogP contribution is 2.46. The third-order valence-electron chi connectivity index (χ3n) is 16.9. The first kappa shape index (κ1) is 86.0.